The van der Waals surface area contributed by atoms with Crippen LogP contribution < -0.4 is 5.32 Å². The Kier molecular flexibility index (Phi) is 4.82. The molecule has 0 radical (unpaired) electrons. The van der Waals surface area contributed by atoms with Crippen molar-refractivity contribution in [2.24, 2.45) is 5.92 Å². The molecule has 0 aliphatic carbocycles. The van der Waals surface area contributed by atoms with Crippen molar-refractivity contribution < 1.29 is 0 Å². The summed E-state index contributed by atoms with van der Waals surface area (Å²) < 4.78 is 2.22. The highest BCUT2D eigenvalue weighted by Crippen LogP contribution is 2.00. The third-order valence-electron chi connectivity index (χ3n) is 2.94. The fraction of sp³-hybridized carbons (Fsp3) is 0.750. The summed E-state index contributed by atoms with van der Waals surface area (Å²) in [6.45, 7) is 10.9. The van der Waals surface area contributed by atoms with Gasteiger partial charge in [0.2, 0.25) is 0 Å². The SMILES string of the molecule is CCc1nccn1CCNC(C)C(C)C. The van der Waals surface area contributed by atoms with E-state index in [4.69, 9.17) is 0 Å². The number of nitrogens with zero attached hydrogens (tertiary/aromatic N) is 2. The van der Waals surface area contributed by atoms with E-state index in [1.165, 1.54) is 5.82 Å². The van der Waals surface area contributed by atoms with Gasteiger partial charge in [-0.1, -0.05) is 20.8 Å². The lowest BCUT2D eigenvalue weighted by Gasteiger charge is -2.17. The van der Waals surface area contributed by atoms with Crippen LogP contribution in [0, 0.1) is 5.92 Å². The summed E-state index contributed by atoms with van der Waals surface area (Å²) in [6.07, 6.45) is 4.94. The van der Waals surface area contributed by atoms with E-state index < -0.39 is 0 Å². The van der Waals surface area contributed by atoms with Crippen LogP contribution in [-0.2, 0) is 13.0 Å². The van der Waals surface area contributed by atoms with Crippen molar-refractivity contribution >= 4 is 0 Å². The summed E-state index contributed by atoms with van der Waals surface area (Å²) in [7, 11) is 0. The van der Waals surface area contributed by atoms with E-state index in [9.17, 15) is 0 Å². The summed E-state index contributed by atoms with van der Waals surface area (Å²) in [4.78, 5) is 4.30. The molecule has 3 heteroatoms. The van der Waals surface area contributed by atoms with E-state index in [0.717, 1.165) is 19.5 Å². The van der Waals surface area contributed by atoms with Gasteiger partial charge in [0.15, 0.2) is 0 Å². The van der Waals surface area contributed by atoms with E-state index >= 15 is 0 Å². The largest absolute Gasteiger partial charge is 0.334 e. The summed E-state index contributed by atoms with van der Waals surface area (Å²) in [5.74, 6) is 1.87. The van der Waals surface area contributed by atoms with Crippen LogP contribution >= 0.6 is 0 Å². The van der Waals surface area contributed by atoms with Gasteiger partial charge < -0.3 is 9.88 Å². The van der Waals surface area contributed by atoms with Gasteiger partial charge in [-0.2, -0.15) is 0 Å². The van der Waals surface area contributed by atoms with Gasteiger partial charge in [-0.25, -0.2) is 4.98 Å². The van der Waals surface area contributed by atoms with Gasteiger partial charge in [-0.15, -0.1) is 0 Å². The molecule has 1 unspecified atom stereocenters. The second kappa shape index (κ2) is 5.91. The first-order valence-electron chi connectivity index (χ1n) is 5.88. The molecule has 0 aliphatic heterocycles. The highest BCUT2D eigenvalue weighted by Gasteiger charge is 2.05. The van der Waals surface area contributed by atoms with E-state index in [1.54, 1.807) is 0 Å². The van der Waals surface area contributed by atoms with Gasteiger partial charge in [0.25, 0.3) is 0 Å². The monoisotopic (exact) mass is 209 g/mol. The molecule has 0 fully saturated rings. The number of rotatable bonds is 6. The molecule has 1 N–H and O–H groups in total. The normalized spacial score (nSPS) is 13.4. The smallest absolute Gasteiger partial charge is 0.108 e. The maximum atomic E-state index is 4.30. The van der Waals surface area contributed by atoms with Gasteiger partial charge in [-0.3, -0.25) is 0 Å². The zero-order valence-electron chi connectivity index (χ0n) is 10.3. The molecule has 15 heavy (non-hydrogen) atoms. The van der Waals surface area contributed by atoms with Crippen molar-refractivity contribution in [2.75, 3.05) is 6.54 Å². The molecule has 86 valence electrons. The molecule has 0 saturated heterocycles. The predicted octanol–water partition coefficient (Wildman–Crippen LogP) is 2.08. The average Bonchev–Trinajstić information content (AvgIpc) is 2.65. The molecule has 0 aromatic carbocycles. The molecule has 1 aromatic heterocycles. The molecule has 1 atom stereocenters. The minimum atomic E-state index is 0.582. The Morgan fingerprint density at radius 2 is 2.13 bits per heavy atom. The maximum absolute atomic E-state index is 4.30. The molecular formula is C12H23N3. The predicted molar refractivity (Wildman–Crippen MR) is 63.9 cm³/mol. The number of imidazole rings is 1. The number of hydrogen-bond donors (Lipinski definition) is 1. The number of aryl methyl sites for hydroxylation is 1. The van der Waals surface area contributed by atoms with Crippen LogP contribution in [0.25, 0.3) is 0 Å². The summed E-state index contributed by atoms with van der Waals surface area (Å²) in [5, 5.41) is 3.52. The number of hydrogen-bond acceptors (Lipinski definition) is 2. The van der Waals surface area contributed by atoms with Gasteiger partial charge in [0.05, 0.1) is 0 Å². The summed E-state index contributed by atoms with van der Waals surface area (Å²) in [5.41, 5.74) is 0. The van der Waals surface area contributed by atoms with Crippen LogP contribution in [0.2, 0.25) is 0 Å². The first kappa shape index (κ1) is 12.2. The van der Waals surface area contributed by atoms with Crippen LogP contribution in [0.1, 0.15) is 33.5 Å². The zero-order chi connectivity index (χ0) is 11.3. The quantitative estimate of drug-likeness (QED) is 0.777. The summed E-state index contributed by atoms with van der Waals surface area (Å²) in [6, 6.07) is 0.582. The van der Waals surface area contributed by atoms with E-state index in [1.807, 2.05) is 6.20 Å². The minimum Gasteiger partial charge on any atom is -0.334 e. The third kappa shape index (κ3) is 3.67. The van der Waals surface area contributed by atoms with Crippen molar-refractivity contribution in [3.63, 3.8) is 0 Å². The van der Waals surface area contributed by atoms with Crippen LogP contribution in [-0.4, -0.2) is 22.1 Å². The second-order valence-corrected chi connectivity index (χ2v) is 4.38. The van der Waals surface area contributed by atoms with Gasteiger partial charge in [0, 0.05) is 37.9 Å². The molecule has 0 amide bonds. The molecule has 1 heterocycles. The molecule has 0 saturated carbocycles. The Balaban J connectivity index is 2.31. The highest BCUT2D eigenvalue weighted by atomic mass is 15.1. The van der Waals surface area contributed by atoms with Crippen LogP contribution in [0.15, 0.2) is 12.4 Å². The third-order valence-corrected chi connectivity index (χ3v) is 2.94. The van der Waals surface area contributed by atoms with Crippen molar-refractivity contribution in [1.82, 2.24) is 14.9 Å². The average molecular weight is 209 g/mol. The van der Waals surface area contributed by atoms with Crippen LogP contribution in [0.3, 0.4) is 0 Å². The van der Waals surface area contributed by atoms with Crippen LogP contribution in [0.4, 0.5) is 0 Å². The number of aromatic nitrogens is 2. The molecule has 1 aromatic rings. The molecule has 0 aliphatic rings. The fourth-order valence-electron chi connectivity index (χ4n) is 1.51. The maximum Gasteiger partial charge on any atom is 0.108 e. The van der Waals surface area contributed by atoms with Crippen molar-refractivity contribution in [2.45, 2.75) is 46.7 Å². The topological polar surface area (TPSA) is 29.9 Å². The van der Waals surface area contributed by atoms with Gasteiger partial charge >= 0.3 is 0 Å². The van der Waals surface area contributed by atoms with Crippen molar-refractivity contribution in [1.29, 1.82) is 0 Å². The number of nitrogens with one attached hydrogen (secondary N) is 1. The van der Waals surface area contributed by atoms with Crippen molar-refractivity contribution in [3.05, 3.63) is 18.2 Å². The van der Waals surface area contributed by atoms with Crippen molar-refractivity contribution in [3.8, 4) is 0 Å². The Bertz CT molecular complexity index is 278. The van der Waals surface area contributed by atoms with E-state index in [0.29, 0.717) is 12.0 Å². The Labute approximate surface area is 92.9 Å². The van der Waals surface area contributed by atoms with Gasteiger partial charge in [0.1, 0.15) is 5.82 Å². The fourth-order valence-corrected chi connectivity index (χ4v) is 1.51. The Hall–Kier alpha value is -0.830. The van der Waals surface area contributed by atoms with Gasteiger partial charge in [-0.05, 0) is 12.8 Å². The molecule has 3 nitrogen and oxygen atoms in total. The molecule has 1 rings (SSSR count). The lowest BCUT2D eigenvalue weighted by Crippen LogP contribution is -2.33. The standard InChI is InChI=1S/C12H23N3/c1-5-12-14-7-9-15(12)8-6-13-11(4)10(2)3/h7,9-11,13H,5-6,8H2,1-4H3. The molecule has 0 bridgehead atoms. The zero-order valence-corrected chi connectivity index (χ0v) is 10.3. The van der Waals surface area contributed by atoms with E-state index in [2.05, 4.69) is 48.8 Å². The Morgan fingerprint density at radius 1 is 1.40 bits per heavy atom. The lowest BCUT2D eigenvalue weighted by atomic mass is 10.1. The second-order valence-electron chi connectivity index (χ2n) is 4.38. The molecular weight excluding hydrogens is 186 g/mol. The first-order valence-corrected chi connectivity index (χ1v) is 5.88. The summed E-state index contributed by atoms with van der Waals surface area (Å²) >= 11 is 0. The first-order chi connectivity index (χ1) is 7.15. The van der Waals surface area contributed by atoms with Crippen LogP contribution in [0.5, 0.6) is 0 Å². The Morgan fingerprint density at radius 3 is 2.73 bits per heavy atom. The van der Waals surface area contributed by atoms with E-state index in [-0.39, 0.29) is 0 Å². The molecule has 0 spiro atoms. The lowest BCUT2D eigenvalue weighted by molar-refractivity contribution is 0.415. The highest BCUT2D eigenvalue weighted by molar-refractivity contribution is 4.91. The minimum absolute atomic E-state index is 0.582.